The molecule has 202 valence electrons. The first-order valence-electron chi connectivity index (χ1n) is 14.6. The average Bonchev–Trinajstić information content (AvgIpc) is 3.47. The minimum atomic E-state index is 0.934. The Bertz CT molecular complexity index is 2340. The summed E-state index contributed by atoms with van der Waals surface area (Å²) in [7, 11) is 0. The van der Waals surface area contributed by atoms with E-state index >= 15 is 0 Å². The number of para-hydroxylation sites is 2. The zero-order valence-corrected chi connectivity index (χ0v) is 23.6. The van der Waals surface area contributed by atoms with Crippen LogP contribution in [0.3, 0.4) is 0 Å². The first-order valence-corrected chi connectivity index (χ1v) is 14.6. The van der Waals surface area contributed by atoms with Gasteiger partial charge < -0.3 is 0 Å². The lowest BCUT2D eigenvalue weighted by atomic mass is 9.92. The zero-order valence-electron chi connectivity index (χ0n) is 23.6. The van der Waals surface area contributed by atoms with Gasteiger partial charge in [-0.3, -0.25) is 4.57 Å². The van der Waals surface area contributed by atoms with Crippen LogP contribution in [0.1, 0.15) is 11.1 Å². The van der Waals surface area contributed by atoms with Crippen LogP contribution < -0.4 is 0 Å². The van der Waals surface area contributed by atoms with Gasteiger partial charge in [0.2, 0.25) is 0 Å². The lowest BCUT2D eigenvalue weighted by Gasteiger charge is -2.12. The van der Waals surface area contributed by atoms with Crippen LogP contribution in [0, 0.1) is 0 Å². The highest BCUT2D eigenvalue weighted by molar-refractivity contribution is 6.20. The van der Waals surface area contributed by atoms with Crippen molar-refractivity contribution in [2.24, 2.45) is 0 Å². The van der Waals surface area contributed by atoms with Crippen molar-refractivity contribution < 1.29 is 0 Å². The molecule has 43 heavy (non-hydrogen) atoms. The van der Waals surface area contributed by atoms with E-state index in [0.717, 1.165) is 39.2 Å². The van der Waals surface area contributed by atoms with Crippen molar-refractivity contribution in [2.75, 3.05) is 0 Å². The fraction of sp³-hybridized carbons (Fsp3) is 0. The Balaban J connectivity index is 1.19. The molecule has 2 heteroatoms. The molecule has 1 aromatic heterocycles. The molecule has 0 unspecified atom stereocenters. The molecule has 2 nitrogen and oxygen atoms in total. The Morgan fingerprint density at radius 1 is 0.605 bits per heavy atom. The molecule has 0 aliphatic heterocycles. The molecule has 8 aromatic rings. The van der Waals surface area contributed by atoms with Crippen LogP contribution in [0.4, 0.5) is 0 Å². The van der Waals surface area contributed by atoms with E-state index in [1.807, 2.05) is 12.1 Å². The van der Waals surface area contributed by atoms with Gasteiger partial charge in [0, 0.05) is 11.3 Å². The van der Waals surface area contributed by atoms with Gasteiger partial charge in [-0.05, 0) is 79.3 Å². The van der Waals surface area contributed by atoms with Gasteiger partial charge in [-0.15, -0.1) is 0 Å². The average molecular weight is 549 g/mol. The molecule has 0 atom stereocenters. The smallest absolute Gasteiger partial charge is 0.145 e. The van der Waals surface area contributed by atoms with Crippen molar-refractivity contribution in [3.05, 3.63) is 169 Å². The van der Waals surface area contributed by atoms with Crippen molar-refractivity contribution in [2.45, 2.75) is 0 Å². The third kappa shape index (κ3) is 4.32. The number of rotatable bonds is 5. The Labute approximate surface area is 250 Å². The maximum absolute atomic E-state index is 4.98. The molecule has 0 N–H and O–H groups in total. The summed E-state index contributed by atoms with van der Waals surface area (Å²) in [6.07, 6.45) is 4.36. The second kappa shape index (κ2) is 10.3. The van der Waals surface area contributed by atoms with Gasteiger partial charge in [0.15, 0.2) is 0 Å². The maximum atomic E-state index is 4.98. The standard InChI is InChI=1S/C41H28N2/c1-28(19-20-33-27-32-14-6-7-15-35(32)37-26-23-30-11-5-8-16-36(30)40(33)37)29-21-24-34(25-22-29)43-39-18-10-9-17-38(39)42-41(43)31-12-3-2-4-13-31/h2-27H,1H2/b20-19-. The zero-order chi connectivity index (χ0) is 28.8. The molecule has 0 saturated carbocycles. The van der Waals surface area contributed by atoms with Crippen LogP contribution in [0.25, 0.3) is 72.1 Å². The van der Waals surface area contributed by atoms with Crippen molar-refractivity contribution >= 4 is 55.0 Å². The molecule has 0 saturated heterocycles. The Kier molecular flexibility index (Phi) is 5.98. The summed E-state index contributed by atoms with van der Waals surface area (Å²) in [6.45, 7) is 4.45. The van der Waals surface area contributed by atoms with E-state index in [0.29, 0.717) is 0 Å². The first kappa shape index (κ1) is 25.0. The molecule has 0 aliphatic carbocycles. The number of allylic oxidation sites excluding steroid dienone is 2. The van der Waals surface area contributed by atoms with Gasteiger partial charge in [-0.25, -0.2) is 4.98 Å². The van der Waals surface area contributed by atoms with E-state index in [1.165, 1.54) is 37.9 Å². The second-order valence-electron chi connectivity index (χ2n) is 10.9. The van der Waals surface area contributed by atoms with E-state index in [9.17, 15) is 0 Å². The van der Waals surface area contributed by atoms with Crippen LogP contribution >= 0.6 is 0 Å². The predicted octanol–water partition coefficient (Wildman–Crippen LogP) is 10.9. The minimum absolute atomic E-state index is 0.934. The Morgan fingerprint density at radius 3 is 2.14 bits per heavy atom. The highest BCUT2D eigenvalue weighted by Gasteiger charge is 2.14. The lowest BCUT2D eigenvalue weighted by molar-refractivity contribution is 1.10. The Morgan fingerprint density at radius 2 is 1.30 bits per heavy atom. The van der Waals surface area contributed by atoms with E-state index in [1.54, 1.807) is 0 Å². The molecule has 7 aromatic carbocycles. The number of hydrogen-bond donors (Lipinski definition) is 0. The highest BCUT2D eigenvalue weighted by Crippen LogP contribution is 2.35. The summed E-state index contributed by atoms with van der Waals surface area (Å²) in [5, 5.41) is 7.57. The molecule has 0 amide bonds. The summed E-state index contributed by atoms with van der Waals surface area (Å²) in [5.74, 6) is 0.934. The van der Waals surface area contributed by atoms with E-state index in [4.69, 9.17) is 4.98 Å². The predicted molar refractivity (Wildman–Crippen MR) is 184 cm³/mol. The number of benzene rings is 7. The van der Waals surface area contributed by atoms with Crippen LogP contribution in [0.5, 0.6) is 0 Å². The van der Waals surface area contributed by atoms with Gasteiger partial charge in [0.25, 0.3) is 0 Å². The third-order valence-electron chi connectivity index (χ3n) is 8.33. The fourth-order valence-electron chi connectivity index (χ4n) is 6.23. The third-order valence-corrected chi connectivity index (χ3v) is 8.33. The number of aromatic nitrogens is 2. The molecule has 8 rings (SSSR count). The van der Waals surface area contributed by atoms with Crippen LogP contribution in [-0.2, 0) is 0 Å². The summed E-state index contributed by atoms with van der Waals surface area (Å²) >= 11 is 0. The van der Waals surface area contributed by atoms with Crippen LogP contribution in [-0.4, -0.2) is 9.55 Å². The van der Waals surface area contributed by atoms with E-state index in [2.05, 4.69) is 157 Å². The number of imidazole rings is 1. The number of fused-ring (bicyclic) bond motifs is 6. The highest BCUT2D eigenvalue weighted by atomic mass is 15.1. The van der Waals surface area contributed by atoms with Gasteiger partial charge in [-0.1, -0.05) is 134 Å². The molecule has 0 bridgehead atoms. The summed E-state index contributed by atoms with van der Waals surface area (Å²) < 4.78 is 2.24. The Hall–Kier alpha value is -5.73. The molecular formula is C41H28N2. The summed E-state index contributed by atoms with van der Waals surface area (Å²) in [5.41, 5.74) is 7.47. The van der Waals surface area contributed by atoms with Crippen molar-refractivity contribution in [1.82, 2.24) is 9.55 Å². The summed E-state index contributed by atoms with van der Waals surface area (Å²) in [6, 6.07) is 51.3. The monoisotopic (exact) mass is 548 g/mol. The van der Waals surface area contributed by atoms with Crippen LogP contribution in [0.2, 0.25) is 0 Å². The number of hydrogen-bond acceptors (Lipinski definition) is 1. The fourth-order valence-corrected chi connectivity index (χ4v) is 6.23. The molecule has 0 spiro atoms. The SMILES string of the molecule is C=C(/C=C\c1cc2ccccc2c2ccc3ccccc3c12)c1ccc(-n2c(-c3ccccc3)nc3ccccc32)cc1. The topological polar surface area (TPSA) is 17.8 Å². The van der Waals surface area contributed by atoms with E-state index < -0.39 is 0 Å². The normalized spacial score (nSPS) is 11.7. The van der Waals surface area contributed by atoms with Crippen molar-refractivity contribution in [3.63, 3.8) is 0 Å². The number of nitrogens with zero attached hydrogens (tertiary/aromatic N) is 2. The maximum Gasteiger partial charge on any atom is 0.145 e. The molecule has 0 aliphatic rings. The second-order valence-corrected chi connectivity index (χ2v) is 10.9. The van der Waals surface area contributed by atoms with Crippen molar-refractivity contribution in [1.29, 1.82) is 0 Å². The van der Waals surface area contributed by atoms with Gasteiger partial charge in [0.1, 0.15) is 5.82 Å². The van der Waals surface area contributed by atoms with Gasteiger partial charge in [-0.2, -0.15) is 0 Å². The minimum Gasteiger partial charge on any atom is -0.292 e. The summed E-state index contributed by atoms with van der Waals surface area (Å²) in [4.78, 5) is 4.98. The lowest BCUT2D eigenvalue weighted by Crippen LogP contribution is -1.97. The van der Waals surface area contributed by atoms with Crippen LogP contribution in [0.15, 0.2) is 158 Å². The largest absolute Gasteiger partial charge is 0.292 e. The van der Waals surface area contributed by atoms with Gasteiger partial charge >= 0.3 is 0 Å². The first-order chi connectivity index (χ1) is 21.2. The molecular weight excluding hydrogens is 520 g/mol. The molecule has 1 heterocycles. The van der Waals surface area contributed by atoms with E-state index in [-0.39, 0.29) is 0 Å². The quantitative estimate of drug-likeness (QED) is 0.154. The van der Waals surface area contributed by atoms with Crippen molar-refractivity contribution in [3.8, 4) is 17.1 Å². The van der Waals surface area contributed by atoms with Gasteiger partial charge in [0.05, 0.1) is 11.0 Å². The molecule has 0 fully saturated rings. The molecule has 0 radical (unpaired) electrons.